The molecule has 1 heterocycles. The van der Waals surface area contributed by atoms with Gasteiger partial charge in [-0.05, 0) is 24.3 Å². The maximum absolute atomic E-state index is 12.2. The molecular formula is C13H12BrNO3. The number of rotatable bonds is 3. The van der Waals surface area contributed by atoms with Crippen LogP contribution in [-0.2, 0) is 6.54 Å². The Morgan fingerprint density at radius 1 is 1.44 bits per heavy atom. The van der Waals surface area contributed by atoms with Gasteiger partial charge in [-0.2, -0.15) is 0 Å². The van der Waals surface area contributed by atoms with Crippen LogP contribution in [0.2, 0.25) is 0 Å². The van der Waals surface area contributed by atoms with Crippen LogP contribution in [0.3, 0.4) is 0 Å². The zero-order valence-corrected chi connectivity index (χ0v) is 11.3. The lowest BCUT2D eigenvalue weighted by Crippen LogP contribution is -2.26. The number of furan rings is 1. The Balaban J connectivity index is 2.17. The van der Waals surface area contributed by atoms with E-state index in [1.165, 1.54) is 11.0 Å². The van der Waals surface area contributed by atoms with Gasteiger partial charge in [-0.25, -0.2) is 0 Å². The molecule has 5 heteroatoms. The number of benzene rings is 1. The van der Waals surface area contributed by atoms with Crippen molar-refractivity contribution >= 4 is 21.8 Å². The smallest absolute Gasteiger partial charge is 0.257 e. The van der Waals surface area contributed by atoms with Gasteiger partial charge in [-0.1, -0.05) is 15.9 Å². The zero-order valence-electron chi connectivity index (χ0n) is 9.76. The van der Waals surface area contributed by atoms with E-state index in [1.807, 2.05) is 0 Å². The largest absolute Gasteiger partial charge is 0.507 e. The molecule has 0 saturated carbocycles. The summed E-state index contributed by atoms with van der Waals surface area (Å²) in [7, 11) is 1.68. The zero-order chi connectivity index (χ0) is 13.1. The van der Waals surface area contributed by atoms with Crippen LogP contribution in [0.15, 0.2) is 45.7 Å². The molecule has 0 aliphatic heterocycles. The summed E-state index contributed by atoms with van der Waals surface area (Å²) in [5.74, 6) is -0.266. The molecule has 18 heavy (non-hydrogen) atoms. The molecule has 0 radical (unpaired) electrons. The summed E-state index contributed by atoms with van der Waals surface area (Å²) in [5.41, 5.74) is 1.18. The highest BCUT2D eigenvalue weighted by Crippen LogP contribution is 2.23. The Morgan fingerprint density at radius 2 is 2.22 bits per heavy atom. The lowest BCUT2D eigenvalue weighted by molar-refractivity contribution is 0.0782. The van der Waals surface area contributed by atoms with E-state index >= 15 is 0 Å². The lowest BCUT2D eigenvalue weighted by Gasteiger charge is -2.17. The minimum Gasteiger partial charge on any atom is -0.507 e. The van der Waals surface area contributed by atoms with Gasteiger partial charge in [-0.3, -0.25) is 4.79 Å². The molecule has 0 saturated heterocycles. The van der Waals surface area contributed by atoms with Crippen molar-refractivity contribution < 1.29 is 14.3 Å². The third-order valence-corrected chi connectivity index (χ3v) is 3.03. The van der Waals surface area contributed by atoms with Gasteiger partial charge in [0.2, 0.25) is 0 Å². The highest BCUT2D eigenvalue weighted by atomic mass is 79.9. The summed E-state index contributed by atoms with van der Waals surface area (Å²) in [4.78, 5) is 13.7. The SMILES string of the molecule is CN(Cc1ccoc1)C(=O)c1cc(Br)ccc1O. The second-order valence-corrected chi connectivity index (χ2v) is 4.87. The van der Waals surface area contributed by atoms with Crippen molar-refractivity contribution in [3.8, 4) is 5.75 Å². The van der Waals surface area contributed by atoms with Gasteiger partial charge in [0.25, 0.3) is 5.91 Å². The Bertz CT molecular complexity index is 551. The van der Waals surface area contributed by atoms with Crippen molar-refractivity contribution in [1.82, 2.24) is 4.90 Å². The topological polar surface area (TPSA) is 53.7 Å². The van der Waals surface area contributed by atoms with Gasteiger partial charge >= 0.3 is 0 Å². The van der Waals surface area contributed by atoms with Crippen LogP contribution in [0.25, 0.3) is 0 Å². The first-order valence-corrected chi connectivity index (χ1v) is 6.12. The number of aromatic hydroxyl groups is 1. The fourth-order valence-corrected chi connectivity index (χ4v) is 1.97. The summed E-state index contributed by atoms with van der Waals surface area (Å²) >= 11 is 3.28. The first-order valence-electron chi connectivity index (χ1n) is 5.33. The second kappa shape index (κ2) is 5.27. The van der Waals surface area contributed by atoms with Crippen molar-refractivity contribution in [1.29, 1.82) is 0 Å². The molecule has 0 aliphatic carbocycles. The first kappa shape index (κ1) is 12.7. The van der Waals surface area contributed by atoms with Crippen molar-refractivity contribution in [2.24, 2.45) is 0 Å². The average Bonchev–Trinajstić information content (AvgIpc) is 2.84. The fourth-order valence-electron chi connectivity index (χ4n) is 1.61. The third-order valence-electron chi connectivity index (χ3n) is 2.54. The first-order chi connectivity index (χ1) is 8.58. The molecule has 0 bridgehead atoms. The molecule has 2 aromatic rings. The van der Waals surface area contributed by atoms with Crippen LogP contribution in [0, 0.1) is 0 Å². The third kappa shape index (κ3) is 2.73. The Morgan fingerprint density at radius 3 is 2.89 bits per heavy atom. The number of phenols is 1. The normalized spacial score (nSPS) is 10.3. The maximum atomic E-state index is 12.2. The van der Waals surface area contributed by atoms with Crippen molar-refractivity contribution in [3.63, 3.8) is 0 Å². The predicted molar refractivity (Wildman–Crippen MR) is 70.3 cm³/mol. The van der Waals surface area contributed by atoms with Crippen LogP contribution >= 0.6 is 15.9 Å². The van der Waals surface area contributed by atoms with E-state index in [0.29, 0.717) is 6.54 Å². The van der Waals surface area contributed by atoms with E-state index in [1.54, 1.807) is 37.8 Å². The second-order valence-electron chi connectivity index (χ2n) is 3.95. The summed E-state index contributed by atoms with van der Waals surface area (Å²) in [6, 6.07) is 6.57. The number of halogens is 1. The summed E-state index contributed by atoms with van der Waals surface area (Å²) in [6.07, 6.45) is 3.15. The lowest BCUT2D eigenvalue weighted by atomic mass is 10.1. The number of carbonyl (C=O) groups excluding carboxylic acids is 1. The molecule has 0 atom stereocenters. The molecule has 1 aromatic carbocycles. The number of amides is 1. The fraction of sp³-hybridized carbons (Fsp3) is 0.154. The van der Waals surface area contributed by atoms with Gasteiger partial charge in [0.15, 0.2) is 0 Å². The van der Waals surface area contributed by atoms with E-state index < -0.39 is 0 Å². The van der Waals surface area contributed by atoms with Crippen LogP contribution in [0.4, 0.5) is 0 Å². The highest BCUT2D eigenvalue weighted by Gasteiger charge is 2.16. The molecular weight excluding hydrogens is 298 g/mol. The van der Waals surface area contributed by atoms with E-state index in [9.17, 15) is 9.90 Å². The molecule has 1 amide bonds. The Kier molecular flexibility index (Phi) is 3.72. The number of nitrogens with zero attached hydrogens (tertiary/aromatic N) is 1. The van der Waals surface area contributed by atoms with E-state index in [0.717, 1.165) is 10.0 Å². The Labute approximate surface area is 113 Å². The molecule has 1 aromatic heterocycles. The quantitative estimate of drug-likeness (QED) is 0.948. The van der Waals surface area contributed by atoms with Crippen molar-refractivity contribution in [2.45, 2.75) is 6.54 Å². The van der Waals surface area contributed by atoms with E-state index in [4.69, 9.17) is 4.42 Å². The van der Waals surface area contributed by atoms with Gasteiger partial charge in [-0.15, -0.1) is 0 Å². The van der Waals surface area contributed by atoms with Crippen LogP contribution in [0.5, 0.6) is 5.75 Å². The monoisotopic (exact) mass is 309 g/mol. The van der Waals surface area contributed by atoms with Crippen molar-refractivity contribution in [3.05, 3.63) is 52.4 Å². The summed E-state index contributed by atoms with van der Waals surface area (Å²) < 4.78 is 5.70. The Hall–Kier alpha value is -1.75. The molecule has 94 valence electrons. The molecule has 2 rings (SSSR count). The molecule has 0 fully saturated rings. The molecule has 4 nitrogen and oxygen atoms in total. The number of carbonyl (C=O) groups is 1. The van der Waals surface area contributed by atoms with Crippen LogP contribution in [-0.4, -0.2) is 23.0 Å². The molecule has 1 N–H and O–H groups in total. The molecule has 0 aliphatic rings. The van der Waals surface area contributed by atoms with Crippen LogP contribution < -0.4 is 0 Å². The molecule has 0 spiro atoms. The van der Waals surface area contributed by atoms with E-state index in [2.05, 4.69) is 15.9 Å². The standard InChI is InChI=1S/C13H12BrNO3/c1-15(7-9-4-5-18-8-9)13(17)11-6-10(14)2-3-12(11)16/h2-6,8,16H,7H2,1H3. The van der Waals surface area contributed by atoms with Gasteiger partial charge in [0.05, 0.1) is 18.1 Å². The molecule has 0 unspecified atom stereocenters. The van der Waals surface area contributed by atoms with Gasteiger partial charge < -0.3 is 14.4 Å². The number of hydrogen-bond donors (Lipinski definition) is 1. The average molecular weight is 310 g/mol. The number of phenolic OH excluding ortho intramolecular Hbond substituents is 1. The maximum Gasteiger partial charge on any atom is 0.257 e. The van der Waals surface area contributed by atoms with Crippen LogP contribution in [0.1, 0.15) is 15.9 Å². The highest BCUT2D eigenvalue weighted by molar-refractivity contribution is 9.10. The van der Waals surface area contributed by atoms with E-state index in [-0.39, 0.29) is 17.2 Å². The summed E-state index contributed by atoms with van der Waals surface area (Å²) in [5, 5.41) is 9.69. The summed E-state index contributed by atoms with van der Waals surface area (Å²) in [6.45, 7) is 0.432. The van der Waals surface area contributed by atoms with Gasteiger partial charge in [0, 0.05) is 23.6 Å². The minimum atomic E-state index is -0.241. The van der Waals surface area contributed by atoms with Crippen molar-refractivity contribution in [2.75, 3.05) is 7.05 Å². The minimum absolute atomic E-state index is 0.0257. The number of hydrogen-bond acceptors (Lipinski definition) is 3. The predicted octanol–water partition coefficient (Wildman–Crippen LogP) is 3.02. The van der Waals surface area contributed by atoms with Gasteiger partial charge in [0.1, 0.15) is 5.75 Å².